The molecule has 0 saturated heterocycles. The lowest BCUT2D eigenvalue weighted by Gasteiger charge is -2.04. The van der Waals surface area contributed by atoms with Crippen LogP contribution in [0, 0.1) is 0 Å². The molecule has 3 rings (SSSR count). The van der Waals surface area contributed by atoms with Crippen LogP contribution in [0.1, 0.15) is 5.56 Å². The van der Waals surface area contributed by atoms with Crippen LogP contribution >= 0.6 is 0 Å². The highest BCUT2D eigenvalue weighted by Crippen LogP contribution is 2.04. The molecule has 0 atom stereocenters. The van der Waals surface area contributed by atoms with Gasteiger partial charge in [0.15, 0.2) is 11.2 Å². The van der Waals surface area contributed by atoms with Crippen LogP contribution in [0.2, 0.25) is 0 Å². The Labute approximate surface area is 108 Å². The lowest BCUT2D eigenvalue weighted by atomic mass is 10.1. The molecule has 0 aliphatic carbocycles. The minimum atomic E-state index is -0.218. The highest BCUT2D eigenvalue weighted by atomic mass is 16.1. The fraction of sp³-hybridized carbons (Fsp3) is 0.154. The van der Waals surface area contributed by atoms with Crippen molar-refractivity contribution in [2.45, 2.75) is 6.42 Å². The third-order valence-electron chi connectivity index (χ3n) is 2.84. The van der Waals surface area contributed by atoms with E-state index in [0.717, 1.165) is 6.42 Å². The van der Waals surface area contributed by atoms with Gasteiger partial charge in [0, 0.05) is 6.54 Å². The molecule has 1 aromatic carbocycles. The summed E-state index contributed by atoms with van der Waals surface area (Å²) < 4.78 is 0. The number of rotatable bonds is 4. The van der Waals surface area contributed by atoms with E-state index >= 15 is 0 Å². The summed E-state index contributed by atoms with van der Waals surface area (Å²) in [5, 5.41) is 3.10. The van der Waals surface area contributed by atoms with Crippen molar-refractivity contribution in [1.82, 2.24) is 19.9 Å². The first kappa shape index (κ1) is 11.5. The highest BCUT2D eigenvalue weighted by molar-refractivity contribution is 5.69. The van der Waals surface area contributed by atoms with Crippen LogP contribution in [-0.2, 0) is 6.42 Å². The summed E-state index contributed by atoms with van der Waals surface area (Å²) in [6, 6.07) is 10.1. The van der Waals surface area contributed by atoms with E-state index in [9.17, 15) is 4.79 Å². The highest BCUT2D eigenvalue weighted by Gasteiger charge is 2.04. The summed E-state index contributed by atoms with van der Waals surface area (Å²) >= 11 is 0. The Morgan fingerprint density at radius 2 is 2.05 bits per heavy atom. The van der Waals surface area contributed by atoms with Gasteiger partial charge in [-0.25, -0.2) is 4.98 Å². The molecule has 96 valence electrons. The molecule has 2 heterocycles. The van der Waals surface area contributed by atoms with Crippen LogP contribution in [0.3, 0.4) is 0 Å². The standard InChI is InChI=1S/C13H13N5O/c19-12-10-11(16-8-15-10)17-13(18-12)14-7-6-9-4-2-1-3-5-9/h1-5,8H,6-7H2,(H3,14,15,16,17,18,19). The lowest BCUT2D eigenvalue weighted by molar-refractivity contribution is 0.983. The van der Waals surface area contributed by atoms with Gasteiger partial charge >= 0.3 is 0 Å². The van der Waals surface area contributed by atoms with E-state index in [4.69, 9.17) is 0 Å². The van der Waals surface area contributed by atoms with Crippen molar-refractivity contribution in [2.24, 2.45) is 0 Å². The molecule has 3 N–H and O–H groups in total. The fourth-order valence-electron chi connectivity index (χ4n) is 1.90. The number of hydrogen-bond acceptors (Lipinski definition) is 4. The average molecular weight is 255 g/mol. The predicted octanol–water partition coefficient (Wildman–Crippen LogP) is 1.30. The third kappa shape index (κ3) is 2.47. The molecular formula is C13H13N5O. The van der Waals surface area contributed by atoms with Crippen molar-refractivity contribution < 1.29 is 0 Å². The van der Waals surface area contributed by atoms with E-state index < -0.39 is 0 Å². The van der Waals surface area contributed by atoms with Gasteiger partial charge in [0.1, 0.15) is 0 Å². The fourth-order valence-corrected chi connectivity index (χ4v) is 1.90. The molecule has 0 aliphatic heterocycles. The SMILES string of the molecule is O=c1[nH]c(NCCc2ccccc2)nc2nc[nH]c12. The molecule has 0 aliphatic rings. The van der Waals surface area contributed by atoms with Crippen LogP contribution in [-0.4, -0.2) is 26.5 Å². The van der Waals surface area contributed by atoms with Gasteiger partial charge in [0.05, 0.1) is 6.33 Å². The summed E-state index contributed by atoms with van der Waals surface area (Å²) in [6.07, 6.45) is 2.32. The first-order valence-electron chi connectivity index (χ1n) is 6.04. The maximum absolute atomic E-state index is 11.7. The summed E-state index contributed by atoms with van der Waals surface area (Å²) in [5.41, 5.74) is 1.84. The molecule has 6 nitrogen and oxygen atoms in total. The predicted molar refractivity (Wildman–Crippen MR) is 73.1 cm³/mol. The molecule has 0 spiro atoms. The molecule has 19 heavy (non-hydrogen) atoms. The Balaban J connectivity index is 1.70. The zero-order valence-corrected chi connectivity index (χ0v) is 10.2. The van der Waals surface area contributed by atoms with Gasteiger partial charge in [0.2, 0.25) is 5.95 Å². The largest absolute Gasteiger partial charge is 0.355 e. The molecule has 0 radical (unpaired) electrons. The number of hydrogen-bond donors (Lipinski definition) is 3. The van der Waals surface area contributed by atoms with Crippen molar-refractivity contribution in [3.63, 3.8) is 0 Å². The van der Waals surface area contributed by atoms with Crippen molar-refractivity contribution in [3.8, 4) is 0 Å². The smallest absolute Gasteiger partial charge is 0.278 e. The van der Waals surface area contributed by atoms with Crippen molar-refractivity contribution in [2.75, 3.05) is 11.9 Å². The Bertz CT molecular complexity index is 731. The topological polar surface area (TPSA) is 86.5 Å². The second-order valence-corrected chi connectivity index (χ2v) is 4.18. The van der Waals surface area contributed by atoms with Gasteiger partial charge in [-0.15, -0.1) is 0 Å². The van der Waals surface area contributed by atoms with Crippen molar-refractivity contribution in [1.29, 1.82) is 0 Å². The van der Waals surface area contributed by atoms with E-state index in [1.54, 1.807) is 0 Å². The molecule has 6 heteroatoms. The van der Waals surface area contributed by atoms with Gasteiger partial charge in [0.25, 0.3) is 5.56 Å². The van der Waals surface area contributed by atoms with E-state index in [1.807, 2.05) is 18.2 Å². The van der Waals surface area contributed by atoms with Crippen LogP contribution < -0.4 is 10.9 Å². The van der Waals surface area contributed by atoms with E-state index in [2.05, 4.69) is 37.4 Å². The molecule has 0 unspecified atom stereocenters. The Hall–Kier alpha value is -2.63. The number of fused-ring (bicyclic) bond motifs is 1. The lowest BCUT2D eigenvalue weighted by Crippen LogP contribution is -2.14. The minimum absolute atomic E-state index is 0.218. The van der Waals surface area contributed by atoms with E-state index in [-0.39, 0.29) is 5.56 Å². The molecule has 0 bridgehead atoms. The van der Waals surface area contributed by atoms with Crippen LogP contribution in [0.5, 0.6) is 0 Å². The first-order chi connectivity index (χ1) is 9.33. The second kappa shape index (κ2) is 4.93. The molecule has 0 fully saturated rings. The zero-order chi connectivity index (χ0) is 13.1. The van der Waals surface area contributed by atoms with E-state index in [1.165, 1.54) is 11.9 Å². The maximum Gasteiger partial charge on any atom is 0.278 e. The number of aromatic nitrogens is 4. The Morgan fingerprint density at radius 1 is 1.21 bits per heavy atom. The molecular weight excluding hydrogens is 242 g/mol. The first-order valence-corrected chi connectivity index (χ1v) is 6.04. The molecule has 0 amide bonds. The van der Waals surface area contributed by atoms with Crippen LogP contribution in [0.25, 0.3) is 11.2 Å². The van der Waals surface area contributed by atoms with Crippen molar-refractivity contribution >= 4 is 17.1 Å². The monoisotopic (exact) mass is 255 g/mol. The summed E-state index contributed by atoms with van der Waals surface area (Å²) in [4.78, 5) is 25.3. The summed E-state index contributed by atoms with van der Waals surface area (Å²) in [5.74, 6) is 0.445. The molecule has 3 aromatic rings. The number of H-pyrrole nitrogens is 2. The van der Waals surface area contributed by atoms with Gasteiger partial charge in [-0.1, -0.05) is 30.3 Å². The molecule has 0 saturated carbocycles. The average Bonchev–Trinajstić information content (AvgIpc) is 2.89. The Kier molecular flexibility index (Phi) is 2.97. The Morgan fingerprint density at radius 3 is 2.89 bits per heavy atom. The maximum atomic E-state index is 11.7. The van der Waals surface area contributed by atoms with Crippen LogP contribution in [0.4, 0.5) is 5.95 Å². The number of aromatic amines is 2. The van der Waals surface area contributed by atoms with Crippen LogP contribution in [0.15, 0.2) is 41.5 Å². The van der Waals surface area contributed by atoms with E-state index in [0.29, 0.717) is 23.7 Å². The quantitative estimate of drug-likeness (QED) is 0.656. The summed E-state index contributed by atoms with van der Waals surface area (Å²) in [7, 11) is 0. The van der Waals surface area contributed by atoms with Crippen molar-refractivity contribution in [3.05, 3.63) is 52.6 Å². The number of anilines is 1. The van der Waals surface area contributed by atoms with Gasteiger partial charge in [-0.3, -0.25) is 9.78 Å². The molecule has 2 aromatic heterocycles. The minimum Gasteiger partial charge on any atom is -0.355 e. The number of nitrogens with zero attached hydrogens (tertiary/aromatic N) is 2. The third-order valence-corrected chi connectivity index (χ3v) is 2.84. The zero-order valence-electron chi connectivity index (χ0n) is 10.2. The number of nitrogens with one attached hydrogen (secondary N) is 3. The van der Waals surface area contributed by atoms with Gasteiger partial charge in [-0.05, 0) is 12.0 Å². The normalized spacial score (nSPS) is 10.7. The number of imidazole rings is 1. The summed E-state index contributed by atoms with van der Waals surface area (Å²) in [6.45, 7) is 0.697. The second-order valence-electron chi connectivity index (χ2n) is 4.18. The van der Waals surface area contributed by atoms with Gasteiger partial charge < -0.3 is 10.3 Å². The van der Waals surface area contributed by atoms with Gasteiger partial charge in [-0.2, -0.15) is 4.98 Å². The number of benzene rings is 1.